The van der Waals surface area contributed by atoms with Gasteiger partial charge in [0.2, 0.25) is 0 Å². The second kappa shape index (κ2) is 5.65. The highest BCUT2D eigenvalue weighted by Gasteiger charge is 2.14. The monoisotopic (exact) mass is 307 g/mol. The summed E-state index contributed by atoms with van der Waals surface area (Å²) in [5.74, 6) is 1.90. The number of hydrogen-bond acceptors (Lipinski definition) is 4. The van der Waals surface area contributed by atoms with Crippen LogP contribution >= 0.6 is 0 Å². The molecule has 1 aliphatic rings. The highest BCUT2D eigenvalue weighted by atomic mass is 15.2. The predicted molar refractivity (Wildman–Crippen MR) is 92.2 cm³/mol. The van der Waals surface area contributed by atoms with Crippen LogP contribution in [0.2, 0.25) is 0 Å². The number of anilines is 1. The van der Waals surface area contributed by atoms with Gasteiger partial charge in [0.05, 0.1) is 11.0 Å². The molecule has 5 nitrogen and oxygen atoms in total. The van der Waals surface area contributed by atoms with Crippen molar-refractivity contribution in [1.29, 1.82) is 0 Å². The Hall–Kier alpha value is -2.43. The highest BCUT2D eigenvalue weighted by Crippen LogP contribution is 2.23. The van der Waals surface area contributed by atoms with E-state index in [0.717, 1.165) is 35.8 Å². The zero-order valence-corrected chi connectivity index (χ0v) is 13.7. The van der Waals surface area contributed by atoms with Crippen LogP contribution in [0, 0.1) is 13.8 Å². The second-order valence-corrected chi connectivity index (χ2v) is 6.32. The van der Waals surface area contributed by atoms with E-state index < -0.39 is 0 Å². The van der Waals surface area contributed by atoms with Crippen molar-refractivity contribution in [2.45, 2.75) is 33.1 Å². The maximum absolute atomic E-state index is 4.53. The lowest BCUT2D eigenvalue weighted by Gasteiger charge is -2.27. The number of fused-ring (bicyclic) bond motifs is 1. The summed E-state index contributed by atoms with van der Waals surface area (Å²) in [6.45, 7) is 6.41. The second-order valence-electron chi connectivity index (χ2n) is 6.32. The largest absolute Gasteiger partial charge is 0.356 e. The number of aryl methyl sites for hydroxylation is 2. The molecule has 4 rings (SSSR count). The summed E-state index contributed by atoms with van der Waals surface area (Å²) < 4.78 is 2.05. The molecule has 0 amide bonds. The van der Waals surface area contributed by atoms with Crippen molar-refractivity contribution >= 4 is 16.9 Å². The van der Waals surface area contributed by atoms with Crippen LogP contribution < -0.4 is 4.90 Å². The fourth-order valence-electron chi connectivity index (χ4n) is 3.21. The molecule has 2 aromatic heterocycles. The smallest absolute Gasteiger partial charge is 0.143 e. The van der Waals surface area contributed by atoms with E-state index in [4.69, 9.17) is 0 Å². The van der Waals surface area contributed by atoms with E-state index >= 15 is 0 Å². The molecule has 0 saturated carbocycles. The average molecular weight is 307 g/mol. The number of benzene rings is 1. The van der Waals surface area contributed by atoms with Crippen LogP contribution in [0.25, 0.3) is 16.9 Å². The van der Waals surface area contributed by atoms with Crippen molar-refractivity contribution in [2.75, 3.05) is 18.0 Å². The van der Waals surface area contributed by atoms with Gasteiger partial charge in [-0.15, -0.1) is 0 Å². The van der Waals surface area contributed by atoms with Crippen LogP contribution in [0.1, 0.15) is 30.4 Å². The van der Waals surface area contributed by atoms with Gasteiger partial charge in [0.1, 0.15) is 24.3 Å². The van der Waals surface area contributed by atoms with Gasteiger partial charge >= 0.3 is 0 Å². The molecule has 0 aliphatic carbocycles. The van der Waals surface area contributed by atoms with Gasteiger partial charge in [-0.2, -0.15) is 0 Å². The minimum atomic E-state index is 0.881. The van der Waals surface area contributed by atoms with Gasteiger partial charge in [0, 0.05) is 19.2 Å². The van der Waals surface area contributed by atoms with Crippen LogP contribution in [0.5, 0.6) is 0 Å². The first-order chi connectivity index (χ1) is 11.2. The van der Waals surface area contributed by atoms with Crippen LogP contribution in [-0.2, 0) is 0 Å². The number of imidazole rings is 1. The van der Waals surface area contributed by atoms with E-state index in [1.807, 2.05) is 6.33 Å². The first-order valence-electron chi connectivity index (χ1n) is 8.24. The lowest BCUT2D eigenvalue weighted by molar-refractivity contribution is 0.573. The third-order valence-electron chi connectivity index (χ3n) is 4.73. The van der Waals surface area contributed by atoms with Gasteiger partial charge in [-0.1, -0.05) is 0 Å². The molecule has 1 aromatic carbocycles. The molecule has 0 N–H and O–H groups in total. The molecular formula is C18H21N5. The van der Waals surface area contributed by atoms with E-state index in [0.29, 0.717) is 0 Å². The van der Waals surface area contributed by atoms with Gasteiger partial charge < -0.3 is 4.90 Å². The summed E-state index contributed by atoms with van der Waals surface area (Å²) in [5.41, 5.74) is 4.63. The Balaban J connectivity index is 1.77. The van der Waals surface area contributed by atoms with Crippen LogP contribution in [-0.4, -0.2) is 32.6 Å². The van der Waals surface area contributed by atoms with Crippen molar-refractivity contribution in [3.63, 3.8) is 0 Å². The number of nitrogens with zero attached hydrogens (tertiary/aromatic N) is 5. The summed E-state index contributed by atoms with van der Waals surface area (Å²) in [5, 5.41) is 0. The zero-order valence-electron chi connectivity index (χ0n) is 13.7. The van der Waals surface area contributed by atoms with Crippen molar-refractivity contribution in [2.24, 2.45) is 0 Å². The van der Waals surface area contributed by atoms with E-state index in [9.17, 15) is 0 Å². The molecule has 1 saturated heterocycles. The maximum atomic E-state index is 4.53. The fourth-order valence-corrected chi connectivity index (χ4v) is 3.21. The molecule has 0 radical (unpaired) electrons. The number of piperidine rings is 1. The predicted octanol–water partition coefficient (Wildman–Crippen LogP) is 3.42. The summed E-state index contributed by atoms with van der Waals surface area (Å²) in [6.07, 6.45) is 7.31. The first-order valence-corrected chi connectivity index (χ1v) is 8.24. The van der Waals surface area contributed by atoms with Crippen molar-refractivity contribution in [3.05, 3.63) is 42.0 Å². The highest BCUT2D eigenvalue weighted by molar-refractivity contribution is 5.79. The van der Waals surface area contributed by atoms with Crippen LogP contribution in [0.3, 0.4) is 0 Å². The third-order valence-corrected chi connectivity index (χ3v) is 4.73. The Morgan fingerprint density at radius 1 is 0.826 bits per heavy atom. The van der Waals surface area contributed by atoms with Crippen molar-refractivity contribution in [1.82, 2.24) is 19.5 Å². The Morgan fingerprint density at radius 3 is 2.39 bits per heavy atom. The Bertz CT molecular complexity index is 846. The van der Waals surface area contributed by atoms with E-state index in [-0.39, 0.29) is 0 Å². The molecule has 3 aromatic rings. The number of aromatic nitrogens is 4. The fraction of sp³-hybridized carbons (Fsp3) is 0.389. The lowest BCUT2D eigenvalue weighted by atomic mass is 10.1. The molecule has 1 fully saturated rings. The van der Waals surface area contributed by atoms with Crippen molar-refractivity contribution in [3.8, 4) is 5.82 Å². The molecule has 1 aliphatic heterocycles. The topological polar surface area (TPSA) is 46.8 Å². The van der Waals surface area contributed by atoms with E-state index in [2.05, 4.69) is 56.5 Å². The Labute approximate surface area is 136 Å². The van der Waals surface area contributed by atoms with Crippen LogP contribution in [0.15, 0.2) is 30.9 Å². The molecule has 0 spiro atoms. The van der Waals surface area contributed by atoms with E-state index in [1.165, 1.54) is 30.4 Å². The maximum Gasteiger partial charge on any atom is 0.143 e. The zero-order chi connectivity index (χ0) is 15.8. The Kier molecular flexibility index (Phi) is 3.48. The van der Waals surface area contributed by atoms with Gasteiger partial charge in [-0.05, 0) is 56.4 Å². The molecular weight excluding hydrogens is 286 g/mol. The SMILES string of the molecule is Cc1cc2ncn(-c3cc(N4CCCCC4)ncn3)c2cc1C. The van der Waals surface area contributed by atoms with Gasteiger partial charge in [-0.25, -0.2) is 15.0 Å². The van der Waals surface area contributed by atoms with E-state index in [1.54, 1.807) is 6.33 Å². The molecule has 0 atom stereocenters. The van der Waals surface area contributed by atoms with Gasteiger partial charge in [0.25, 0.3) is 0 Å². The minimum Gasteiger partial charge on any atom is -0.356 e. The first kappa shape index (κ1) is 14.2. The lowest BCUT2D eigenvalue weighted by Crippen LogP contribution is -2.30. The average Bonchev–Trinajstić information content (AvgIpc) is 2.99. The summed E-state index contributed by atoms with van der Waals surface area (Å²) >= 11 is 0. The summed E-state index contributed by atoms with van der Waals surface area (Å²) in [6, 6.07) is 6.38. The number of hydrogen-bond donors (Lipinski definition) is 0. The number of rotatable bonds is 2. The summed E-state index contributed by atoms with van der Waals surface area (Å²) in [7, 11) is 0. The summed E-state index contributed by atoms with van der Waals surface area (Å²) in [4.78, 5) is 15.8. The Morgan fingerprint density at radius 2 is 1.57 bits per heavy atom. The standard InChI is InChI=1S/C18H21N5/c1-13-8-15-16(9-14(13)2)23(12-21-15)18-10-17(19-11-20-18)22-6-4-3-5-7-22/h8-12H,3-7H2,1-2H3. The van der Waals surface area contributed by atoms with Crippen LogP contribution in [0.4, 0.5) is 5.82 Å². The van der Waals surface area contributed by atoms with Gasteiger partial charge in [-0.3, -0.25) is 4.57 Å². The molecule has 5 heteroatoms. The quantitative estimate of drug-likeness (QED) is 0.728. The normalized spacial score (nSPS) is 15.3. The molecule has 0 bridgehead atoms. The minimum absolute atomic E-state index is 0.881. The third kappa shape index (κ3) is 2.56. The molecule has 0 unspecified atom stereocenters. The molecule has 23 heavy (non-hydrogen) atoms. The molecule has 118 valence electrons. The molecule has 3 heterocycles. The van der Waals surface area contributed by atoms with Gasteiger partial charge in [0.15, 0.2) is 0 Å². The van der Waals surface area contributed by atoms with Crippen molar-refractivity contribution < 1.29 is 0 Å².